The van der Waals surface area contributed by atoms with Crippen molar-refractivity contribution < 1.29 is 32.4 Å². The van der Waals surface area contributed by atoms with E-state index in [4.69, 9.17) is 0 Å². The number of carbonyl (C=O) groups excluding carboxylic acids is 1. The van der Waals surface area contributed by atoms with Gasteiger partial charge in [-0.2, -0.15) is 13.2 Å². The predicted molar refractivity (Wildman–Crippen MR) is 126 cm³/mol. The van der Waals surface area contributed by atoms with Crippen molar-refractivity contribution in [1.82, 2.24) is 0 Å². The molecule has 3 nitrogen and oxygen atoms in total. The van der Waals surface area contributed by atoms with Gasteiger partial charge >= 0.3 is 6.18 Å². The number of hydrogen-bond acceptors (Lipinski definition) is 2. The van der Waals surface area contributed by atoms with Gasteiger partial charge in [0.1, 0.15) is 5.82 Å². The van der Waals surface area contributed by atoms with Crippen LogP contribution in [0, 0.1) is 12.7 Å². The first kappa shape index (κ1) is 28.1. The summed E-state index contributed by atoms with van der Waals surface area (Å²) < 4.78 is 54.4. The van der Waals surface area contributed by atoms with E-state index in [1.807, 2.05) is 27.1 Å². The number of carboxylic acids is 1. The van der Waals surface area contributed by atoms with Crippen LogP contribution >= 0.6 is 0 Å². The number of quaternary nitrogens is 1. The van der Waals surface area contributed by atoms with E-state index in [1.165, 1.54) is 18.2 Å². The third-order valence-corrected chi connectivity index (χ3v) is 5.56. The summed E-state index contributed by atoms with van der Waals surface area (Å²) in [5.41, 5.74) is 1.77. The number of hydrogen-bond donors (Lipinski definition) is 1. The van der Waals surface area contributed by atoms with Crippen LogP contribution in [-0.2, 0) is 23.8 Å². The molecule has 3 aromatic carbocycles. The van der Waals surface area contributed by atoms with Gasteiger partial charge < -0.3 is 14.8 Å². The van der Waals surface area contributed by atoms with Gasteiger partial charge in [-0.1, -0.05) is 66.2 Å². The van der Waals surface area contributed by atoms with Crippen molar-refractivity contribution in [2.24, 2.45) is 0 Å². The molecule has 0 fully saturated rings. The van der Waals surface area contributed by atoms with E-state index in [2.05, 4.69) is 0 Å². The predicted octanol–water partition coefficient (Wildman–Crippen LogP) is 3.99. The Labute approximate surface area is 204 Å². The highest BCUT2D eigenvalue weighted by Gasteiger charge is 2.35. The molecular formula is C28H31F4NO2. The molecule has 0 heterocycles. The molecule has 1 atom stereocenters. The van der Waals surface area contributed by atoms with E-state index < -0.39 is 17.7 Å². The number of carbonyl (C=O) groups is 1. The highest BCUT2D eigenvalue weighted by atomic mass is 19.4. The van der Waals surface area contributed by atoms with Crippen LogP contribution < -0.4 is 10.0 Å². The molecular weight excluding hydrogens is 458 g/mol. The number of rotatable bonds is 8. The highest BCUT2D eigenvalue weighted by Crippen LogP contribution is 2.37. The van der Waals surface area contributed by atoms with Crippen LogP contribution in [0.1, 0.15) is 40.2 Å². The van der Waals surface area contributed by atoms with Crippen LogP contribution in [0.5, 0.6) is 0 Å². The summed E-state index contributed by atoms with van der Waals surface area (Å²) in [6.07, 6.45) is -3.59. The van der Waals surface area contributed by atoms with Crippen LogP contribution in [-0.4, -0.2) is 26.6 Å². The summed E-state index contributed by atoms with van der Waals surface area (Å²) >= 11 is 0. The van der Waals surface area contributed by atoms with Gasteiger partial charge in [0.25, 0.3) is 0 Å². The van der Waals surface area contributed by atoms with Crippen molar-refractivity contribution in [2.45, 2.75) is 38.3 Å². The fourth-order valence-electron chi connectivity index (χ4n) is 3.83. The molecule has 7 heteroatoms. The van der Waals surface area contributed by atoms with Gasteiger partial charge in [-0.25, -0.2) is 4.39 Å². The van der Waals surface area contributed by atoms with Crippen molar-refractivity contribution in [2.75, 3.05) is 20.6 Å². The van der Waals surface area contributed by atoms with Crippen LogP contribution in [0.25, 0.3) is 0 Å². The lowest BCUT2D eigenvalue weighted by Gasteiger charge is -2.23. The number of aliphatic carboxylic acids is 1. The molecule has 3 aromatic rings. The number of alkyl halides is 3. The Morgan fingerprint density at radius 3 is 2.20 bits per heavy atom. The molecule has 0 spiro atoms. The summed E-state index contributed by atoms with van der Waals surface area (Å²) in [6, 6.07) is 19.4. The minimum absolute atomic E-state index is 0.000833. The van der Waals surface area contributed by atoms with Crippen molar-refractivity contribution in [3.63, 3.8) is 0 Å². The molecule has 0 aliphatic carbocycles. The van der Waals surface area contributed by atoms with E-state index in [0.29, 0.717) is 18.5 Å². The lowest BCUT2D eigenvalue weighted by atomic mass is 9.85. The largest absolute Gasteiger partial charge is 0.550 e. The maximum absolute atomic E-state index is 14.2. The summed E-state index contributed by atoms with van der Waals surface area (Å²) in [5, 5.41) is 10.1. The number of nitrogens with one attached hydrogen (secondary N) is 1. The van der Waals surface area contributed by atoms with Gasteiger partial charge in [0, 0.05) is 18.8 Å². The summed E-state index contributed by atoms with van der Waals surface area (Å²) in [5.74, 6) is -1.78. The van der Waals surface area contributed by atoms with E-state index in [-0.39, 0.29) is 30.1 Å². The zero-order chi connectivity index (χ0) is 26.0. The van der Waals surface area contributed by atoms with Crippen molar-refractivity contribution in [1.29, 1.82) is 0 Å². The molecule has 3 rings (SSSR count). The van der Waals surface area contributed by atoms with Crippen molar-refractivity contribution in [3.8, 4) is 0 Å². The van der Waals surface area contributed by atoms with Crippen molar-refractivity contribution in [3.05, 3.63) is 106 Å². The van der Waals surface area contributed by atoms with Crippen LogP contribution in [0.2, 0.25) is 0 Å². The molecule has 35 heavy (non-hydrogen) atoms. The molecule has 0 bridgehead atoms. The summed E-state index contributed by atoms with van der Waals surface area (Å²) in [4.78, 5) is 11.2. The second kappa shape index (κ2) is 13.0. The zero-order valence-corrected chi connectivity index (χ0v) is 20.2. The average molecular weight is 490 g/mol. The number of aryl methyl sites for hydroxylation is 1. The first-order valence-corrected chi connectivity index (χ1v) is 11.4. The van der Waals surface area contributed by atoms with Crippen LogP contribution in [0.3, 0.4) is 0 Å². The minimum atomic E-state index is -4.41. The third-order valence-electron chi connectivity index (χ3n) is 5.56. The molecule has 0 aromatic heterocycles. The second-order valence-corrected chi connectivity index (χ2v) is 8.86. The van der Waals surface area contributed by atoms with Gasteiger partial charge in [0.05, 0.1) is 26.2 Å². The Morgan fingerprint density at radius 1 is 0.971 bits per heavy atom. The SMILES string of the molecule is Cc1ccc(F)c(CC(CC[NH+](C)C)c2ccccc2C(F)(F)F)c1.O=C([O-])Cc1ccccc1. The van der Waals surface area contributed by atoms with Gasteiger partial charge in [0.2, 0.25) is 0 Å². The van der Waals surface area contributed by atoms with E-state index >= 15 is 0 Å². The number of halogens is 4. The Bertz CT molecular complexity index is 1080. The monoisotopic (exact) mass is 489 g/mol. The van der Waals surface area contributed by atoms with Gasteiger partial charge in [0.15, 0.2) is 0 Å². The quantitative estimate of drug-likeness (QED) is 0.487. The molecule has 0 aliphatic heterocycles. The fourth-order valence-corrected chi connectivity index (χ4v) is 3.83. The minimum Gasteiger partial charge on any atom is -0.550 e. The normalized spacial score (nSPS) is 12.1. The molecule has 0 saturated carbocycles. The van der Waals surface area contributed by atoms with Crippen LogP contribution in [0.15, 0.2) is 72.8 Å². The van der Waals surface area contributed by atoms with Crippen LogP contribution in [0.4, 0.5) is 17.6 Å². The first-order valence-electron chi connectivity index (χ1n) is 11.4. The fraction of sp³-hybridized carbons (Fsp3) is 0.321. The van der Waals surface area contributed by atoms with E-state index in [1.54, 1.807) is 42.5 Å². The molecule has 0 saturated heterocycles. The van der Waals surface area contributed by atoms with Gasteiger partial charge in [-0.3, -0.25) is 0 Å². The molecule has 0 aliphatic rings. The number of carboxylic acid groups (broad SMARTS) is 1. The van der Waals surface area contributed by atoms with Gasteiger partial charge in [-0.15, -0.1) is 0 Å². The molecule has 1 unspecified atom stereocenters. The third kappa shape index (κ3) is 9.53. The first-order chi connectivity index (χ1) is 16.5. The molecule has 0 radical (unpaired) electrons. The average Bonchev–Trinajstić information content (AvgIpc) is 2.79. The lowest BCUT2D eigenvalue weighted by Crippen LogP contribution is -3.05. The standard InChI is InChI=1S/C20H23F4N.C8H8O2/c1-14-8-9-19(21)16(12-14)13-15(10-11-25(2)3)17-6-4-5-7-18(17)20(22,23)24;9-8(10)6-7-4-2-1-3-5-7/h4-9,12,15H,10-11,13H2,1-3H3;1-5H,6H2,(H,9,10). The second-order valence-electron chi connectivity index (χ2n) is 8.86. The molecule has 0 amide bonds. The number of benzene rings is 3. The highest BCUT2D eigenvalue weighted by molar-refractivity contribution is 5.67. The summed E-state index contributed by atoms with van der Waals surface area (Å²) in [6.45, 7) is 2.57. The molecule has 188 valence electrons. The van der Waals surface area contributed by atoms with Crippen molar-refractivity contribution >= 4 is 5.97 Å². The Hall–Kier alpha value is -3.19. The Morgan fingerprint density at radius 2 is 1.60 bits per heavy atom. The topological polar surface area (TPSA) is 44.6 Å². The summed E-state index contributed by atoms with van der Waals surface area (Å²) in [7, 11) is 3.92. The Kier molecular flexibility index (Phi) is 10.5. The maximum Gasteiger partial charge on any atom is 0.416 e. The maximum atomic E-state index is 14.2. The lowest BCUT2D eigenvalue weighted by molar-refractivity contribution is -0.858. The van der Waals surface area contributed by atoms with E-state index in [0.717, 1.165) is 22.1 Å². The zero-order valence-electron chi connectivity index (χ0n) is 20.2. The van der Waals surface area contributed by atoms with E-state index in [9.17, 15) is 27.5 Å². The smallest absolute Gasteiger partial charge is 0.416 e. The Balaban J connectivity index is 0.000000360. The van der Waals surface area contributed by atoms with Gasteiger partial charge in [-0.05, 0) is 48.1 Å². The molecule has 1 N–H and O–H groups in total.